The SMILES string of the molecule is CCOC(=O)c1nnn(CC(=O)N2CCCC2=O)c1CN. The number of imide groups is 1. The molecule has 21 heavy (non-hydrogen) atoms. The van der Waals surface area contributed by atoms with E-state index in [0.717, 1.165) is 0 Å². The quantitative estimate of drug-likeness (QED) is 0.696. The average molecular weight is 295 g/mol. The second-order valence-electron chi connectivity index (χ2n) is 4.51. The second-order valence-corrected chi connectivity index (χ2v) is 4.51. The Hall–Kier alpha value is -2.29. The maximum absolute atomic E-state index is 12.1. The van der Waals surface area contributed by atoms with Gasteiger partial charge in [0.25, 0.3) is 5.91 Å². The van der Waals surface area contributed by atoms with Gasteiger partial charge in [0.15, 0.2) is 5.69 Å². The second kappa shape index (κ2) is 6.44. The predicted molar refractivity (Wildman–Crippen MR) is 69.8 cm³/mol. The first-order valence-corrected chi connectivity index (χ1v) is 6.71. The van der Waals surface area contributed by atoms with Crippen molar-refractivity contribution in [1.82, 2.24) is 19.9 Å². The van der Waals surface area contributed by atoms with Gasteiger partial charge >= 0.3 is 5.97 Å². The standard InChI is InChI=1S/C12H17N5O4/c1-2-21-12(20)11-8(6-13)17(15-14-11)7-10(19)16-5-3-4-9(16)18/h2-7,13H2,1H3. The number of hydrogen-bond acceptors (Lipinski definition) is 7. The predicted octanol–water partition coefficient (Wildman–Crippen LogP) is -0.937. The molecule has 1 aliphatic rings. The summed E-state index contributed by atoms with van der Waals surface area (Å²) >= 11 is 0. The number of nitrogens with two attached hydrogens (primary N) is 1. The zero-order valence-electron chi connectivity index (χ0n) is 11.7. The van der Waals surface area contributed by atoms with Gasteiger partial charge in [-0.3, -0.25) is 14.5 Å². The number of carbonyl (C=O) groups is 3. The van der Waals surface area contributed by atoms with Crippen LogP contribution in [0.5, 0.6) is 0 Å². The van der Waals surface area contributed by atoms with E-state index in [4.69, 9.17) is 10.5 Å². The summed E-state index contributed by atoms with van der Waals surface area (Å²) < 4.78 is 6.08. The summed E-state index contributed by atoms with van der Waals surface area (Å²) in [5, 5.41) is 7.46. The van der Waals surface area contributed by atoms with Crippen molar-refractivity contribution in [1.29, 1.82) is 0 Å². The minimum atomic E-state index is -0.631. The summed E-state index contributed by atoms with van der Waals surface area (Å²) in [5.74, 6) is -1.21. The van der Waals surface area contributed by atoms with E-state index >= 15 is 0 Å². The number of ether oxygens (including phenoxy) is 1. The molecular formula is C12H17N5O4. The highest BCUT2D eigenvalue weighted by Gasteiger charge is 2.28. The monoisotopic (exact) mass is 295 g/mol. The third kappa shape index (κ3) is 3.07. The fraction of sp³-hybridized carbons (Fsp3) is 0.583. The Kier molecular flexibility index (Phi) is 4.63. The lowest BCUT2D eigenvalue weighted by Gasteiger charge is -2.13. The van der Waals surface area contributed by atoms with Crippen LogP contribution in [0.2, 0.25) is 0 Å². The molecule has 0 aliphatic carbocycles. The van der Waals surface area contributed by atoms with Crippen LogP contribution in [0, 0.1) is 0 Å². The van der Waals surface area contributed by atoms with Crippen molar-refractivity contribution in [3.63, 3.8) is 0 Å². The van der Waals surface area contributed by atoms with Gasteiger partial charge in [-0.15, -0.1) is 5.10 Å². The molecular weight excluding hydrogens is 278 g/mol. The summed E-state index contributed by atoms with van der Waals surface area (Å²) in [6, 6.07) is 0. The Bertz CT molecular complexity index is 568. The van der Waals surface area contributed by atoms with E-state index in [1.807, 2.05) is 0 Å². The molecule has 0 radical (unpaired) electrons. The molecule has 1 fully saturated rings. The zero-order chi connectivity index (χ0) is 15.4. The van der Waals surface area contributed by atoms with E-state index in [9.17, 15) is 14.4 Å². The van der Waals surface area contributed by atoms with Gasteiger partial charge in [-0.05, 0) is 13.3 Å². The van der Waals surface area contributed by atoms with Crippen molar-refractivity contribution >= 4 is 17.8 Å². The maximum Gasteiger partial charge on any atom is 0.360 e. The molecule has 0 atom stereocenters. The van der Waals surface area contributed by atoms with Gasteiger partial charge in [-0.25, -0.2) is 9.48 Å². The summed E-state index contributed by atoms with van der Waals surface area (Å²) in [6.45, 7) is 2.10. The van der Waals surface area contributed by atoms with Crippen molar-refractivity contribution in [3.05, 3.63) is 11.4 Å². The van der Waals surface area contributed by atoms with Gasteiger partial charge < -0.3 is 10.5 Å². The Labute approximate surface area is 121 Å². The average Bonchev–Trinajstić information content (AvgIpc) is 3.05. The molecule has 1 aromatic rings. The van der Waals surface area contributed by atoms with Crippen molar-refractivity contribution in [2.45, 2.75) is 32.9 Å². The summed E-state index contributed by atoms with van der Waals surface area (Å²) in [5.41, 5.74) is 5.90. The van der Waals surface area contributed by atoms with E-state index in [1.54, 1.807) is 6.92 Å². The van der Waals surface area contributed by atoms with Gasteiger partial charge in [-0.1, -0.05) is 5.21 Å². The molecule has 2 N–H and O–H groups in total. The lowest BCUT2D eigenvalue weighted by Crippen LogP contribution is -2.35. The van der Waals surface area contributed by atoms with Gasteiger partial charge in [0, 0.05) is 19.5 Å². The molecule has 0 saturated carbocycles. The number of aromatic nitrogens is 3. The molecule has 0 spiro atoms. The minimum Gasteiger partial charge on any atom is -0.461 e. The van der Waals surface area contributed by atoms with Gasteiger partial charge in [0.1, 0.15) is 6.54 Å². The largest absolute Gasteiger partial charge is 0.461 e. The molecule has 2 amide bonds. The van der Waals surface area contributed by atoms with Crippen molar-refractivity contribution < 1.29 is 19.1 Å². The molecule has 1 aliphatic heterocycles. The van der Waals surface area contributed by atoms with Crippen molar-refractivity contribution in [2.24, 2.45) is 5.73 Å². The lowest BCUT2D eigenvalue weighted by molar-refractivity contribution is -0.142. The molecule has 2 heterocycles. The maximum atomic E-state index is 12.1. The van der Waals surface area contributed by atoms with E-state index in [2.05, 4.69) is 10.3 Å². The van der Waals surface area contributed by atoms with E-state index in [0.29, 0.717) is 25.1 Å². The number of esters is 1. The Morgan fingerprint density at radius 2 is 2.19 bits per heavy atom. The first-order chi connectivity index (χ1) is 10.1. The number of amides is 2. The Balaban J connectivity index is 2.15. The first-order valence-electron chi connectivity index (χ1n) is 6.71. The normalized spacial score (nSPS) is 14.6. The van der Waals surface area contributed by atoms with Crippen LogP contribution in [0.1, 0.15) is 35.9 Å². The van der Waals surface area contributed by atoms with Crippen LogP contribution in [0.15, 0.2) is 0 Å². The fourth-order valence-corrected chi connectivity index (χ4v) is 2.15. The number of hydrogen-bond donors (Lipinski definition) is 1. The highest BCUT2D eigenvalue weighted by atomic mass is 16.5. The van der Waals surface area contributed by atoms with Crippen LogP contribution in [0.25, 0.3) is 0 Å². The topological polar surface area (TPSA) is 120 Å². The van der Waals surface area contributed by atoms with E-state index in [-0.39, 0.29) is 37.2 Å². The molecule has 9 nitrogen and oxygen atoms in total. The molecule has 1 saturated heterocycles. The van der Waals surface area contributed by atoms with Crippen LogP contribution in [-0.2, 0) is 27.4 Å². The smallest absolute Gasteiger partial charge is 0.360 e. The Morgan fingerprint density at radius 1 is 1.43 bits per heavy atom. The van der Waals surface area contributed by atoms with Crippen LogP contribution in [0.4, 0.5) is 0 Å². The number of rotatable bonds is 5. The fourth-order valence-electron chi connectivity index (χ4n) is 2.15. The molecule has 9 heteroatoms. The molecule has 1 aromatic heterocycles. The van der Waals surface area contributed by atoms with Gasteiger partial charge in [0.05, 0.1) is 12.3 Å². The van der Waals surface area contributed by atoms with Crippen LogP contribution >= 0.6 is 0 Å². The van der Waals surface area contributed by atoms with Crippen molar-refractivity contribution in [3.8, 4) is 0 Å². The highest BCUT2D eigenvalue weighted by molar-refractivity contribution is 5.96. The minimum absolute atomic E-state index is 0.0000940. The van der Waals surface area contributed by atoms with E-state index < -0.39 is 5.97 Å². The van der Waals surface area contributed by atoms with Gasteiger partial charge in [0.2, 0.25) is 5.91 Å². The van der Waals surface area contributed by atoms with Crippen LogP contribution in [0.3, 0.4) is 0 Å². The zero-order valence-corrected chi connectivity index (χ0v) is 11.7. The first kappa shape index (κ1) is 15.1. The summed E-state index contributed by atoms with van der Waals surface area (Å²) in [6.07, 6.45) is 1.04. The summed E-state index contributed by atoms with van der Waals surface area (Å²) in [4.78, 5) is 36.5. The van der Waals surface area contributed by atoms with Crippen LogP contribution < -0.4 is 5.73 Å². The van der Waals surface area contributed by atoms with Crippen molar-refractivity contribution in [2.75, 3.05) is 13.2 Å². The molecule has 114 valence electrons. The molecule has 2 rings (SSSR count). The third-order valence-electron chi connectivity index (χ3n) is 3.16. The lowest BCUT2D eigenvalue weighted by atomic mass is 10.3. The number of nitrogens with zero attached hydrogens (tertiary/aromatic N) is 4. The highest BCUT2D eigenvalue weighted by Crippen LogP contribution is 2.12. The van der Waals surface area contributed by atoms with Gasteiger partial charge in [-0.2, -0.15) is 0 Å². The number of likely N-dealkylation sites (tertiary alicyclic amines) is 1. The molecule has 0 unspecified atom stereocenters. The molecule has 0 aromatic carbocycles. The number of carbonyl (C=O) groups excluding carboxylic acids is 3. The van der Waals surface area contributed by atoms with E-state index in [1.165, 1.54) is 9.58 Å². The summed E-state index contributed by atoms with van der Waals surface area (Å²) in [7, 11) is 0. The van der Waals surface area contributed by atoms with Crippen LogP contribution in [-0.4, -0.2) is 50.8 Å². The third-order valence-corrected chi connectivity index (χ3v) is 3.16. The molecule has 0 bridgehead atoms. The Morgan fingerprint density at radius 3 is 2.76 bits per heavy atom.